The molecule has 1 atom stereocenters. The minimum atomic E-state index is -1.09. The Morgan fingerprint density at radius 3 is 2.91 bits per heavy atom. The maximum atomic E-state index is 12.6. The van der Waals surface area contributed by atoms with Crippen LogP contribution in [0.5, 0.6) is 5.75 Å². The summed E-state index contributed by atoms with van der Waals surface area (Å²) in [6, 6.07) is 7.50. The molecule has 1 saturated heterocycles. The van der Waals surface area contributed by atoms with Crippen molar-refractivity contribution < 1.29 is 9.29 Å². The molecule has 1 aliphatic heterocycles. The first-order valence-corrected chi connectivity index (χ1v) is 13.7. The van der Waals surface area contributed by atoms with E-state index in [1.165, 1.54) is 0 Å². The van der Waals surface area contributed by atoms with Gasteiger partial charge in [-0.05, 0) is 31.5 Å². The van der Waals surface area contributed by atoms with Crippen LogP contribution in [0.15, 0.2) is 42.0 Å². The highest BCUT2D eigenvalue weighted by atomic mass is 35.5. The Morgan fingerprint density at radius 2 is 2.09 bits per heavy atom. The first-order valence-electron chi connectivity index (χ1n) is 11.4. The first kappa shape index (κ1) is 24.3. The van der Waals surface area contributed by atoms with Crippen LogP contribution in [0.1, 0.15) is 13.3 Å². The van der Waals surface area contributed by atoms with Gasteiger partial charge in [0, 0.05) is 49.5 Å². The lowest BCUT2D eigenvalue weighted by Crippen LogP contribution is -2.50. The molecule has 1 fully saturated rings. The van der Waals surface area contributed by atoms with Crippen LogP contribution in [0.4, 0.5) is 5.95 Å². The number of benzene rings is 1. The van der Waals surface area contributed by atoms with Crippen molar-refractivity contribution in [3.63, 3.8) is 0 Å². The molecule has 0 bridgehead atoms. The largest absolute Gasteiger partial charge is 0.578 e. The van der Waals surface area contributed by atoms with Gasteiger partial charge in [0.15, 0.2) is 4.96 Å². The molecular weight excluding hydrogens is 506 g/mol. The number of rotatable bonds is 8. The summed E-state index contributed by atoms with van der Waals surface area (Å²) in [6.07, 6.45) is 4.74. The Balaban J connectivity index is 1.39. The van der Waals surface area contributed by atoms with Crippen LogP contribution >= 0.6 is 22.9 Å². The normalized spacial score (nSPS) is 17.2. The number of fused-ring (bicyclic) bond motifs is 1. The smallest absolute Gasteiger partial charge is 0.223 e. The molecule has 1 N–H and O–H groups in total. The molecule has 0 amide bonds. The van der Waals surface area contributed by atoms with E-state index in [4.69, 9.17) is 26.3 Å². The lowest BCUT2D eigenvalue weighted by Gasteiger charge is -2.34. The van der Waals surface area contributed by atoms with Crippen molar-refractivity contribution in [1.82, 2.24) is 28.0 Å². The third-order valence-electron chi connectivity index (χ3n) is 5.84. The van der Waals surface area contributed by atoms with E-state index in [1.54, 1.807) is 24.6 Å². The third-order valence-corrected chi connectivity index (χ3v) is 8.60. The zero-order valence-corrected chi connectivity index (χ0v) is 21.9. The van der Waals surface area contributed by atoms with Crippen molar-refractivity contribution in [3.8, 4) is 28.4 Å². The van der Waals surface area contributed by atoms with Gasteiger partial charge in [0.25, 0.3) is 0 Å². The van der Waals surface area contributed by atoms with Gasteiger partial charge in [-0.1, -0.05) is 17.7 Å². The SMILES string of the molecule is CCN1CCCN(CCNc2nccc(-c3c(-c4ccc(Cl)c(OC)c4)nc4sccn34)n2)[S+]1[O-]. The van der Waals surface area contributed by atoms with Gasteiger partial charge in [-0.15, -0.1) is 19.9 Å². The summed E-state index contributed by atoms with van der Waals surface area (Å²) in [7, 11) is 1.60. The molecule has 0 spiro atoms. The number of halogens is 1. The van der Waals surface area contributed by atoms with Crippen LogP contribution < -0.4 is 10.1 Å². The Hall–Kier alpha value is -2.41. The Morgan fingerprint density at radius 1 is 1.23 bits per heavy atom. The van der Waals surface area contributed by atoms with E-state index < -0.39 is 11.5 Å². The number of nitrogens with one attached hydrogen (secondary N) is 1. The highest BCUT2D eigenvalue weighted by Crippen LogP contribution is 2.36. The molecular formula is C23H26ClN7O2S2. The van der Waals surface area contributed by atoms with Crippen molar-refractivity contribution in [3.05, 3.63) is 47.1 Å². The first-order chi connectivity index (χ1) is 17.1. The van der Waals surface area contributed by atoms with E-state index in [0.717, 1.165) is 53.7 Å². The van der Waals surface area contributed by atoms with Crippen molar-refractivity contribution in [2.24, 2.45) is 0 Å². The van der Waals surface area contributed by atoms with Crippen molar-refractivity contribution in [2.75, 3.05) is 45.2 Å². The second-order valence-corrected chi connectivity index (χ2v) is 10.7. The maximum Gasteiger partial charge on any atom is 0.223 e. The van der Waals surface area contributed by atoms with Crippen LogP contribution in [0.2, 0.25) is 5.02 Å². The lowest BCUT2D eigenvalue weighted by molar-refractivity contribution is 0.294. The molecule has 12 heteroatoms. The third kappa shape index (κ3) is 4.97. The molecule has 4 heterocycles. The molecule has 9 nitrogen and oxygen atoms in total. The van der Waals surface area contributed by atoms with E-state index >= 15 is 0 Å². The molecule has 1 aliphatic rings. The number of imidazole rings is 1. The topological polar surface area (TPSA) is 93.9 Å². The molecule has 184 valence electrons. The number of aromatic nitrogens is 4. The number of nitrogens with zero attached hydrogens (tertiary/aromatic N) is 6. The van der Waals surface area contributed by atoms with Crippen molar-refractivity contribution in [2.45, 2.75) is 13.3 Å². The van der Waals surface area contributed by atoms with E-state index in [2.05, 4.69) is 10.3 Å². The molecule has 0 saturated carbocycles. The molecule has 3 aromatic heterocycles. The van der Waals surface area contributed by atoms with Crippen molar-refractivity contribution >= 4 is 45.4 Å². The average molecular weight is 532 g/mol. The Labute approximate surface area is 216 Å². The Kier molecular flexibility index (Phi) is 7.42. The van der Waals surface area contributed by atoms with Gasteiger partial charge in [-0.2, -0.15) is 0 Å². The second-order valence-electron chi connectivity index (χ2n) is 7.94. The molecule has 1 aromatic carbocycles. The van der Waals surface area contributed by atoms with Gasteiger partial charge < -0.3 is 14.6 Å². The van der Waals surface area contributed by atoms with Gasteiger partial charge in [-0.3, -0.25) is 4.40 Å². The van der Waals surface area contributed by atoms with E-state index in [9.17, 15) is 4.55 Å². The predicted octanol–water partition coefficient (Wildman–Crippen LogP) is 4.20. The van der Waals surface area contributed by atoms with Crippen molar-refractivity contribution in [1.29, 1.82) is 0 Å². The summed E-state index contributed by atoms with van der Waals surface area (Å²) >= 11 is 6.72. The van der Waals surface area contributed by atoms with Crippen LogP contribution in [-0.2, 0) is 11.5 Å². The van der Waals surface area contributed by atoms with Crippen LogP contribution in [0, 0.1) is 0 Å². The van der Waals surface area contributed by atoms with Crippen LogP contribution in [-0.4, -0.2) is 72.3 Å². The number of thiazole rings is 1. The quantitative estimate of drug-likeness (QED) is 0.338. The van der Waals surface area contributed by atoms with E-state index in [-0.39, 0.29) is 0 Å². The number of ether oxygens (including phenoxy) is 1. The highest BCUT2D eigenvalue weighted by molar-refractivity contribution is 7.86. The van der Waals surface area contributed by atoms with Gasteiger partial charge >= 0.3 is 0 Å². The van der Waals surface area contributed by atoms with E-state index in [0.29, 0.717) is 29.8 Å². The van der Waals surface area contributed by atoms with Gasteiger partial charge in [-0.25, -0.2) is 15.0 Å². The molecule has 0 aliphatic carbocycles. The zero-order valence-electron chi connectivity index (χ0n) is 19.5. The van der Waals surface area contributed by atoms with Crippen LogP contribution in [0.3, 0.4) is 0 Å². The Bertz CT molecular complexity index is 1310. The molecule has 5 rings (SSSR count). The zero-order chi connectivity index (χ0) is 24.4. The van der Waals surface area contributed by atoms with Gasteiger partial charge in [0.05, 0.1) is 30.1 Å². The predicted molar refractivity (Wildman–Crippen MR) is 141 cm³/mol. The fraction of sp³-hybridized carbons (Fsp3) is 0.348. The van der Waals surface area contributed by atoms with Gasteiger partial charge in [0.1, 0.15) is 23.0 Å². The summed E-state index contributed by atoms with van der Waals surface area (Å²) in [5.41, 5.74) is 3.29. The minimum absolute atomic E-state index is 0.516. The van der Waals surface area contributed by atoms with E-state index in [1.807, 2.05) is 55.8 Å². The molecule has 1 unspecified atom stereocenters. The average Bonchev–Trinajstić information content (AvgIpc) is 3.47. The number of methoxy groups -OCH3 is 1. The number of hydrogen-bond acceptors (Lipinski definition) is 9. The van der Waals surface area contributed by atoms with Crippen LogP contribution in [0.25, 0.3) is 27.6 Å². The molecule has 4 aromatic rings. The number of anilines is 1. The summed E-state index contributed by atoms with van der Waals surface area (Å²) in [5.74, 6) is 1.11. The molecule has 0 radical (unpaired) electrons. The fourth-order valence-electron chi connectivity index (χ4n) is 4.11. The fourth-order valence-corrected chi connectivity index (χ4v) is 6.38. The summed E-state index contributed by atoms with van der Waals surface area (Å²) in [4.78, 5) is 14.9. The maximum absolute atomic E-state index is 12.6. The summed E-state index contributed by atoms with van der Waals surface area (Å²) in [6.45, 7) is 5.76. The monoisotopic (exact) mass is 531 g/mol. The lowest BCUT2D eigenvalue weighted by atomic mass is 10.1. The summed E-state index contributed by atoms with van der Waals surface area (Å²) < 4.78 is 24.0. The number of hydrogen-bond donors (Lipinski definition) is 1. The summed E-state index contributed by atoms with van der Waals surface area (Å²) in [5, 5.41) is 5.84. The second kappa shape index (κ2) is 10.7. The highest BCUT2D eigenvalue weighted by Gasteiger charge is 2.31. The van der Waals surface area contributed by atoms with Gasteiger partial charge in [0.2, 0.25) is 5.95 Å². The standard InChI is InChI=1S/C23H26ClN7O2S2/c1-3-29-10-4-11-30(35(29)32)12-9-26-22-25-8-7-18(27-22)21-20(28-23-31(21)13-14-34-23)16-5-6-17(24)19(15-16)33-2/h5-8,13-15H,3-4,9-12H2,1-2H3,(H,25,26,27). The minimum Gasteiger partial charge on any atom is -0.578 e. The molecule has 35 heavy (non-hydrogen) atoms.